The molecule has 0 aliphatic carbocycles. The predicted octanol–water partition coefficient (Wildman–Crippen LogP) is -0.439. The van der Waals surface area contributed by atoms with E-state index in [1.54, 1.807) is 6.20 Å². The summed E-state index contributed by atoms with van der Waals surface area (Å²) in [5.41, 5.74) is 0.903. The molecule has 0 saturated heterocycles. The van der Waals surface area contributed by atoms with E-state index >= 15 is 0 Å². The van der Waals surface area contributed by atoms with Crippen molar-refractivity contribution in [3.8, 4) is 0 Å². The molecule has 0 spiro atoms. The molecule has 1 aliphatic heterocycles. The van der Waals surface area contributed by atoms with Gasteiger partial charge in [0, 0.05) is 11.8 Å². The highest BCUT2D eigenvalue weighted by atomic mass is 16.4. The van der Waals surface area contributed by atoms with Crippen molar-refractivity contribution in [2.24, 2.45) is 0 Å². The van der Waals surface area contributed by atoms with Crippen LogP contribution in [0.5, 0.6) is 0 Å². The number of carbonyl (C=O) groups is 1. The number of tetrazole rings is 1. The molecular weight excluding hydrogens is 226 g/mol. The number of aromatic carboxylic acids is 1. The second kappa shape index (κ2) is 3.40. The zero-order valence-corrected chi connectivity index (χ0v) is 8.45. The van der Waals surface area contributed by atoms with Crippen molar-refractivity contribution in [1.29, 1.82) is 0 Å². The lowest BCUT2D eigenvalue weighted by molar-refractivity contribution is 0.0698. The summed E-state index contributed by atoms with van der Waals surface area (Å²) in [6.07, 6.45) is 2.95. The van der Waals surface area contributed by atoms with Gasteiger partial charge in [-0.2, -0.15) is 10.3 Å². The fraction of sp³-hybridized carbons (Fsp3) is 0.125. The summed E-state index contributed by atoms with van der Waals surface area (Å²) in [5, 5.41) is 29.3. The number of H-pyrrole nitrogens is 1. The maximum Gasteiger partial charge on any atom is 0.341 e. The van der Waals surface area contributed by atoms with Crippen LogP contribution in [0, 0.1) is 0 Å². The first-order valence-corrected chi connectivity index (χ1v) is 4.74. The first-order chi connectivity index (χ1) is 8.25. The summed E-state index contributed by atoms with van der Waals surface area (Å²) < 4.78 is 1.54. The molecule has 0 fully saturated rings. The largest absolute Gasteiger partial charge is 0.477 e. The highest BCUT2D eigenvalue weighted by Crippen LogP contribution is 2.23. The van der Waals surface area contributed by atoms with Gasteiger partial charge in [0.05, 0.1) is 12.7 Å². The summed E-state index contributed by atoms with van der Waals surface area (Å²) in [7, 11) is 0. The minimum absolute atomic E-state index is 0.133. The van der Waals surface area contributed by atoms with Gasteiger partial charge in [0.25, 0.3) is 0 Å². The number of hydrogen-bond donors (Lipinski definition) is 3. The van der Waals surface area contributed by atoms with Crippen molar-refractivity contribution in [2.75, 3.05) is 5.32 Å². The van der Waals surface area contributed by atoms with Crippen LogP contribution in [0.1, 0.15) is 16.2 Å². The van der Waals surface area contributed by atoms with Gasteiger partial charge in [-0.05, 0) is 5.21 Å². The predicted molar refractivity (Wildman–Crippen MR) is 55.0 cm³/mol. The number of rotatable bonds is 2. The Bertz CT molecular complexity index is 597. The molecule has 3 heterocycles. The van der Waals surface area contributed by atoms with Crippen molar-refractivity contribution in [2.45, 2.75) is 6.54 Å². The van der Waals surface area contributed by atoms with Crippen LogP contribution in [0.2, 0.25) is 0 Å². The number of nitrogens with zero attached hydrogens (tertiary/aromatic N) is 5. The molecule has 0 atom stereocenters. The smallest absolute Gasteiger partial charge is 0.341 e. The third-order valence-electron chi connectivity index (χ3n) is 2.41. The average molecular weight is 233 g/mol. The normalized spacial score (nSPS) is 13.8. The molecule has 0 bridgehead atoms. The number of allylic oxidation sites excluding steroid dienone is 1. The van der Waals surface area contributed by atoms with Crippen LogP contribution in [0.15, 0.2) is 12.4 Å². The maximum atomic E-state index is 10.9. The van der Waals surface area contributed by atoms with E-state index in [4.69, 9.17) is 5.11 Å². The summed E-state index contributed by atoms with van der Waals surface area (Å²) in [6.45, 7) is 0.398. The zero-order chi connectivity index (χ0) is 11.8. The summed E-state index contributed by atoms with van der Waals surface area (Å²) in [6, 6.07) is 0. The van der Waals surface area contributed by atoms with Crippen molar-refractivity contribution >= 4 is 17.4 Å². The van der Waals surface area contributed by atoms with Gasteiger partial charge in [-0.25, -0.2) is 9.48 Å². The van der Waals surface area contributed by atoms with Gasteiger partial charge in [-0.1, -0.05) is 0 Å². The molecule has 0 aromatic carbocycles. The van der Waals surface area contributed by atoms with Crippen LogP contribution in [0.25, 0.3) is 5.57 Å². The molecule has 0 radical (unpaired) electrons. The first-order valence-electron chi connectivity index (χ1n) is 4.74. The Labute approximate surface area is 94.1 Å². The van der Waals surface area contributed by atoms with E-state index in [0.29, 0.717) is 18.2 Å². The van der Waals surface area contributed by atoms with Crippen molar-refractivity contribution < 1.29 is 9.90 Å². The lowest BCUT2D eigenvalue weighted by Gasteiger charge is -2.14. The Morgan fingerprint density at radius 3 is 3.12 bits per heavy atom. The molecule has 3 N–H and O–H groups in total. The Kier molecular flexibility index (Phi) is 1.90. The highest BCUT2D eigenvalue weighted by Gasteiger charge is 2.21. The molecule has 2 aromatic rings. The third kappa shape index (κ3) is 1.44. The Morgan fingerprint density at radius 2 is 2.41 bits per heavy atom. The molecule has 86 valence electrons. The molecule has 17 heavy (non-hydrogen) atoms. The van der Waals surface area contributed by atoms with E-state index < -0.39 is 5.97 Å². The number of anilines is 1. The van der Waals surface area contributed by atoms with Crippen LogP contribution < -0.4 is 5.32 Å². The van der Waals surface area contributed by atoms with Crippen molar-refractivity contribution in [3.05, 3.63) is 23.8 Å². The number of fused-ring (bicyclic) bond motifs is 1. The van der Waals surface area contributed by atoms with Gasteiger partial charge in [0.2, 0.25) is 5.82 Å². The SMILES string of the molecule is O=C(O)c1cnn2c1NC=C(c1nn[nH]n1)C2. The molecule has 9 nitrogen and oxygen atoms in total. The van der Waals surface area contributed by atoms with E-state index in [2.05, 4.69) is 31.0 Å². The minimum atomic E-state index is -1.02. The number of carboxylic acid groups (broad SMARTS) is 1. The molecule has 0 amide bonds. The third-order valence-corrected chi connectivity index (χ3v) is 2.41. The fourth-order valence-corrected chi connectivity index (χ4v) is 1.61. The van der Waals surface area contributed by atoms with E-state index in [1.165, 1.54) is 10.9 Å². The van der Waals surface area contributed by atoms with Gasteiger partial charge in [-0.15, -0.1) is 10.2 Å². The van der Waals surface area contributed by atoms with E-state index in [0.717, 1.165) is 5.57 Å². The molecule has 3 rings (SSSR count). The molecule has 9 heteroatoms. The second-order valence-corrected chi connectivity index (χ2v) is 3.42. The summed E-state index contributed by atoms with van der Waals surface area (Å²) in [5.74, 6) is -0.115. The maximum absolute atomic E-state index is 10.9. The monoisotopic (exact) mass is 233 g/mol. The quantitative estimate of drug-likeness (QED) is 0.642. The Hall–Kier alpha value is -2.71. The van der Waals surface area contributed by atoms with Crippen molar-refractivity contribution in [1.82, 2.24) is 30.4 Å². The van der Waals surface area contributed by atoms with Gasteiger partial charge in [0.15, 0.2) is 0 Å². The number of aromatic amines is 1. The van der Waals surface area contributed by atoms with Crippen LogP contribution >= 0.6 is 0 Å². The van der Waals surface area contributed by atoms with E-state index in [9.17, 15) is 4.79 Å². The van der Waals surface area contributed by atoms with Gasteiger partial charge < -0.3 is 10.4 Å². The topological polar surface area (TPSA) is 122 Å². The molecule has 1 aliphatic rings. The van der Waals surface area contributed by atoms with E-state index in [1.807, 2.05) is 0 Å². The van der Waals surface area contributed by atoms with Crippen LogP contribution in [-0.4, -0.2) is 41.5 Å². The number of nitrogens with one attached hydrogen (secondary N) is 2. The summed E-state index contributed by atoms with van der Waals surface area (Å²) in [4.78, 5) is 10.9. The molecule has 2 aromatic heterocycles. The zero-order valence-electron chi connectivity index (χ0n) is 8.45. The molecule has 0 unspecified atom stereocenters. The van der Waals surface area contributed by atoms with Crippen LogP contribution in [0.3, 0.4) is 0 Å². The van der Waals surface area contributed by atoms with Gasteiger partial charge in [-0.3, -0.25) is 0 Å². The number of hydrogen-bond acceptors (Lipinski definition) is 6. The standard InChI is InChI=1S/C8H7N7O2/c16-8(17)5-2-10-15-3-4(1-9-7(5)15)6-11-13-14-12-6/h1-2,9H,3H2,(H,16,17)(H,11,12,13,14). The van der Waals surface area contributed by atoms with Gasteiger partial charge in [0.1, 0.15) is 11.4 Å². The second-order valence-electron chi connectivity index (χ2n) is 3.42. The highest BCUT2D eigenvalue weighted by molar-refractivity contribution is 5.93. The van der Waals surface area contributed by atoms with Crippen LogP contribution in [-0.2, 0) is 6.54 Å². The van der Waals surface area contributed by atoms with Crippen LogP contribution in [0.4, 0.5) is 5.82 Å². The molecular formula is C8H7N7O2. The molecule has 0 saturated carbocycles. The minimum Gasteiger partial charge on any atom is -0.477 e. The lowest BCUT2D eigenvalue weighted by atomic mass is 10.2. The summed E-state index contributed by atoms with van der Waals surface area (Å²) >= 11 is 0. The average Bonchev–Trinajstić information content (AvgIpc) is 2.97. The Morgan fingerprint density at radius 1 is 1.53 bits per heavy atom. The lowest BCUT2D eigenvalue weighted by Crippen LogP contribution is -2.15. The van der Waals surface area contributed by atoms with Gasteiger partial charge >= 0.3 is 5.97 Å². The Balaban J connectivity index is 1.95. The first kappa shape index (κ1) is 9.51. The van der Waals surface area contributed by atoms with Crippen molar-refractivity contribution in [3.63, 3.8) is 0 Å². The van der Waals surface area contributed by atoms with E-state index in [-0.39, 0.29) is 5.56 Å². The number of aromatic nitrogens is 6. The number of carboxylic acids is 1. The fourth-order valence-electron chi connectivity index (χ4n) is 1.61.